The summed E-state index contributed by atoms with van der Waals surface area (Å²) in [6, 6.07) is 17.8. The van der Waals surface area contributed by atoms with Crippen molar-refractivity contribution in [3.8, 4) is 11.5 Å². The first-order chi connectivity index (χ1) is 7.86. The molecule has 2 aromatic rings. The normalized spacial score (nSPS) is 8.41. The summed E-state index contributed by atoms with van der Waals surface area (Å²) in [4.78, 5) is 0. The second-order valence-electron chi connectivity index (χ2n) is 3.18. The first-order valence-corrected chi connectivity index (χ1v) is 5.65. The Balaban J connectivity index is 0.000000811. The molecule has 2 rings (SSSR count). The number of ether oxygens (including phenoxy) is 1. The summed E-state index contributed by atoms with van der Waals surface area (Å²) in [5.74, 6) is 1.79. The van der Waals surface area contributed by atoms with Crippen LogP contribution in [-0.2, 0) is 0 Å². The average molecular weight is 230 g/mol. The highest BCUT2D eigenvalue weighted by Crippen LogP contribution is 2.23. The van der Waals surface area contributed by atoms with Gasteiger partial charge in [0.05, 0.1) is 0 Å². The van der Waals surface area contributed by atoms with Crippen molar-refractivity contribution in [3.05, 3.63) is 60.2 Å². The molecular formula is C16H22O. The monoisotopic (exact) mass is 230 g/mol. The molecule has 92 valence electrons. The lowest BCUT2D eigenvalue weighted by atomic mass is 10.2. The van der Waals surface area contributed by atoms with Gasteiger partial charge in [0.15, 0.2) is 0 Å². The molecule has 0 aliphatic rings. The van der Waals surface area contributed by atoms with E-state index in [2.05, 4.69) is 0 Å². The maximum Gasteiger partial charge on any atom is 0.130 e. The highest BCUT2D eigenvalue weighted by Gasteiger charge is 1.98. The predicted molar refractivity (Wildman–Crippen MR) is 75.8 cm³/mol. The predicted octanol–water partition coefficient (Wildman–Crippen LogP) is 5.45. The lowest BCUT2D eigenvalue weighted by Gasteiger charge is -2.07. The summed E-state index contributed by atoms with van der Waals surface area (Å²) in [5.41, 5.74) is 1.15. The maximum atomic E-state index is 5.71. The smallest absolute Gasteiger partial charge is 0.130 e. The fourth-order valence-corrected chi connectivity index (χ4v) is 1.29. The molecule has 1 nitrogen and oxygen atoms in total. The third-order valence-electron chi connectivity index (χ3n) is 2.06. The average Bonchev–Trinajstić information content (AvgIpc) is 2.36. The van der Waals surface area contributed by atoms with Crippen molar-refractivity contribution in [3.63, 3.8) is 0 Å². The van der Waals surface area contributed by atoms with Crippen molar-refractivity contribution in [1.29, 1.82) is 0 Å². The molecule has 0 saturated heterocycles. The Morgan fingerprint density at radius 3 is 1.88 bits per heavy atom. The van der Waals surface area contributed by atoms with Gasteiger partial charge in [0, 0.05) is 0 Å². The first-order valence-electron chi connectivity index (χ1n) is 5.65. The summed E-state index contributed by atoms with van der Waals surface area (Å²) in [5, 5.41) is 0. The van der Waals surface area contributed by atoms with Gasteiger partial charge in [0.25, 0.3) is 0 Å². The van der Waals surface area contributed by atoms with E-state index in [0.717, 1.165) is 17.1 Å². The van der Waals surface area contributed by atoms with Crippen LogP contribution in [0.15, 0.2) is 54.6 Å². The molecule has 0 saturated carbocycles. The van der Waals surface area contributed by atoms with Gasteiger partial charge in [-0.05, 0) is 30.7 Å². The highest BCUT2D eigenvalue weighted by molar-refractivity contribution is 5.36. The van der Waals surface area contributed by atoms with Gasteiger partial charge >= 0.3 is 0 Å². The molecule has 0 N–H and O–H groups in total. The van der Waals surface area contributed by atoms with E-state index < -0.39 is 0 Å². The Morgan fingerprint density at radius 2 is 1.29 bits per heavy atom. The zero-order valence-corrected chi connectivity index (χ0v) is 10.1. The van der Waals surface area contributed by atoms with E-state index in [1.165, 1.54) is 0 Å². The summed E-state index contributed by atoms with van der Waals surface area (Å²) < 4.78 is 5.71. The van der Waals surface area contributed by atoms with Crippen LogP contribution in [0, 0.1) is 6.92 Å². The van der Waals surface area contributed by atoms with Crippen LogP contribution in [0.25, 0.3) is 0 Å². The third-order valence-corrected chi connectivity index (χ3v) is 2.06. The van der Waals surface area contributed by atoms with Crippen LogP contribution in [0.1, 0.15) is 26.8 Å². The minimum atomic E-state index is 0. The van der Waals surface area contributed by atoms with Gasteiger partial charge in [-0.25, -0.2) is 0 Å². The number of para-hydroxylation sites is 2. The van der Waals surface area contributed by atoms with Crippen LogP contribution in [0.5, 0.6) is 11.5 Å². The summed E-state index contributed by atoms with van der Waals surface area (Å²) in [7, 11) is 0. The Hall–Kier alpha value is -1.76. The number of benzene rings is 2. The molecular weight excluding hydrogens is 208 g/mol. The molecule has 17 heavy (non-hydrogen) atoms. The number of hydrogen-bond acceptors (Lipinski definition) is 1. The number of rotatable bonds is 2. The quantitative estimate of drug-likeness (QED) is 0.666. The van der Waals surface area contributed by atoms with Gasteiger partial charge in [-0.15, -0.1) is 0 Å². The van der Waals surface area contributed by atoms with Gasteiger partial charge in [0.2, 0.25) is 0 Å². The van der Waals surface area contributed by atoms with Crippen molar-refractivity contribution in [1.82, 2.24) is 0 Å². The molecule has 0 heterocycles. The fraction of sp³-hybridized carbons (Fsp3) is 0.250. The van der Waals surface area contributed by atoms with E-state index >= 15 is 0 Å². The fourth-order valence-electron chi connectivity index (χ4n) is 1.29. The second kappa shape index (κ2) is 8.40. The topological polar surface area (TPSA) is 9.23 Å². The van der Waals surface area contributed by atoms with E-state index in [-0.39, 0.29) is 7.43 Å². The number of aryl methyl sites for hydroxylation is 1. The lowest BCUT2D eigenvalue weighted by Crippen LogP contribution is -1.85. The van der Waals surface area contributed by atoms with Crippen LogP contribution >= 0.6 is 0 Å². The SMILES string of the molecule is C.CC.Cc1ccccc1Oc1ccccc1. The van der Waals surface area contributed by atoms with Crippen molar-refractivity contribution < 1.29 is 4.74 Å². The molecule has 0 aliphatic carbocycles. The Kier molecular flexibility index (Phi) is 7.53. The van der Waals surface area contributed by atoms with Gasteiger partial charge in [-0.3, -0.25) is 0 Å². The van der Waals surface area contributed by atoms with Crippen LogP contribution in [0.4, 0.5) is 0 Å². The van der Waals surface area contributed by atoms with Gasteiger partial charge in [-0.2, -0.15) is 0 Å². The van der Waals surface area contributed by atoms with Crippen molar-refractivity contribution in [2.24, 2.45) is 0 Å². The molecule has 1 heteroatoms. The van der Waals surface area contributed by atoms with Crippen molar-refractivity contribution >= 4 is 0 Å². The molecule has 0 aromatic heterocycles. The van der Waals surface area contributed by atoms with Gasteiger partial charge in [0.1, 0.15) is 11.5 Å². The molecule has 0 spiro atoms. The molecule has 0 aliphatic heterocycles. The zero-order chi connectivity index (χ0) is 11.8. The van der Waals surface area contributed by atoms with E-state index in [1.807, 2.05) is 75.4 Å². The van der Waals surface area contributed by atoms with E-state index in [9.17, 15) is 0 Å². The Bertz CT molecular complexity index is 407. The first kappa shape index (κ1) is 15.2. The molecule has 2 aromatic carbocycles. The number of hydrogen-bond donors (Lipinski definition) is 0. The second-order valence-corrected chi connectivity index (χ2v) is 3.18. The Labute approximate surface area is 105 Å². The molecule has 0 radical (unpaired) electrons. The van der Waals surface area contributed by atoms with E-state index in [0.29, 0.717) is 0 Å². The van der Waals surface area contributed by atoms with Crippen LogP contribution < -0.4 is 4.74 Å². The minimum absolute atomic E-state index is 0. The summed E-state index contributed by atoms with van der Waals surface area (Å²) in [6.07, 6.45) is 0. The molecule has 0 unspecified atom stereocenters. The molecule has 0 amide bonds. The largest absolute Gasteiger partial charge is 0.457 e. The summed E-state index contributed by atoms with van der Waals surface area (Å²) >= 11 is 0. The molecule has 0 atom stereocenters. The van der Waals surface area contributed by atoms with Crippen LogP contribution in [-0.4, -0.2) is 0 Å². The third kappa shape index (κ3) is 4.73. The van der Waals surface area contributed by atoms with Crippen molar-refractivity contribution in [2.45, 2.75) is 28.2 Å². The Morgan fingerprint density at radius 1 is 0.765 bits per heavy atom. The highest BCUT2D eigenvalue weighted by atomic mass is 16.5. The van der Waals surface area contributed by atoms with E-state index in [1.54, 1.807) is 0 Å². The molecule has 0 fully saturated rings. The lowest BCUT2D eigenvalue weighted by molar-refractivity contribution is 0.479. The van der Waals surface area contributed by atoms with Gasteiger partial charge < -0.3 is 4.74 Å². The maximum absolute atomic E-state index is 5.71. The van der Waals surface area contributed by atoms with Crippen LogP contribution in [0.3, 0.4) is 0 Å². The molecule has 0 bridgehead atoms. The van der Waals surface area contributed by atoms with E-state index in [4.69, 9.17) is 4.74 Å². The van der Waals surface area contributed by atoms with Gasteiger partial charge in [-0.1, -0.05) is 57.7 Å². The minimum Gasteiger partial charge on any atom is -0.457 e. The zero-order valence-electron chi connectivity index (χ0n) is 10.1. The standard InChI is InChI=1S/C13H12O.C2H6.CH4/c1-11-7-5-6-10-13(11)14-12-8-3-2-4-9-12;1-2;/h2-10H,1H3;1-2H3;1H4. The van der Waals surface area contributed by atoms with Crippen LogP contribution in [0.2, 0.25) is 0 Å². The van der Waals surface area contributed by atoms with Crippen molar-refractivity contribution in [2.75, 3.05) is 0 Å². The summed E-state index contributed by atoms with van der Waals surface area (Å²) in [6.45, 7) is 6.04.